The molecule has 0 spiro atoms. The third-order valence-corrected chi connectivity index (χ3v) is 5.49. The van der Waals surface area contributed by atoms with Gasteiger partial charge in [0, 0.05) is 23.5 Å². The van der Waals surface area contributed by atoms with Crippen molar-refractivity contribution in [2.24, 2.45) is 5.92 Å². The predicted octanol–water partition coefficient (Wildman–Crippen LogP) is 4.25. The van der Waals surface area contributed by atoms with Crippen molar-refractivity contribution >= 4 is 11.6 Å². The van der Waals surface area contributed by atoms with E-state index in [2.05, 4.69) is 17.0 Å². The van der Waals surface area contributed by atoms with E-state index in [1.54, 1.807) is 0 Å². The number of aliphatic hydroxyl groups excluding tert-OH is 1. The normalized spacial score (nSPS) is 31.2. The Labute approximate surface area is 133 Å². The second-order valence-corrected chi connectivity index (χ2v) is 7.11. The molecule has 1 saturated heterocycles. The number of hydrogen-bond acceptors (Lipinski definition) is 2. The van der Waals surface area contributed by atoms with Gasteiger partial charge in [-0.25, -0.2) is 0 Å². The molecule has 0 radical (unpaired) electrons. The smallest absolute Gasteiger partial charge is 0.0583 e. The molecular formula is C18H26ClNO. The predicted molar refractivity (Wildman–Crippen MR) is 87.5 cm³/mol. The molecule has 0 amide bonds. The van der Waals surface area contributed by atoms with Crippen LogP contribution in [0.1, 0.15) is 50.5 Å². The molecule has 1 saturated carbocycles. The van der Waals surface area contributed by atoms with Crippen LogP contribution in [0.4, 0.5) is 0 Å². The van der Waals surface area contributed by atoms with Crippen molar-refractivity contribution in [1.29, 1.82) is 0 Å². The number of hydrogen-bond donors (Lipinski definition) is 1. The third kappa shape index (κ3) is 3.80. The van der Waals surface area contributed by atoms with E-state index >= 15 is 0 Å². The third-order valence-electron chi connectivity index (χ3n) is 5.24. The molecule has 3 atom stereocenters. The van der Waals surface area contributed by atoms with E-state index in [-0.39, 0.29) is 6.10 Å². The van der Waals surface area contributed by atoms with E-state index in [4.69, 9.17) is 11.6 Å². The number of aliphatic hydroxyl groups is 1. The van der Waals surface area contributed by atoms with Gasteiger partial charge in [0.1, 0.15) is 0 Å². The lowest BCUT2D eigenvalue weighted by molar-refractivity contribution is -0.00861. The first kappa shape index (κ1) is 15.3. The van der Waals surface area contributed by atoms with Gasteiger partial charge in [0.15, 0.2) is 0 Å². The van der Waals surface area contributed by atoms with E-state index in [0.29, 0.717) is 12.0 Å². The molecule has 2 fully saturated rings. The Kier molecular flexibility index (Phi) is 5.20. The molecule has 1 aromatic carbocycles. The van der Waals surface area contributed by atoms with Gasteiger partial charge in [0.25, 0.3) is 0 Å². The minimum Gasteiger partial charge on any atom is -0.393 e. The van der Waals surface area contributed by atoms with Gasteiger partial charge in [0.2, 0.25) is 0 Å². The minimum atomic E-state index is -0.0884. The maximum Gasteiger partial charge on any atom is 0.0583 e. The van der Waals surface area contributed by atoms with Gasteiger partial charge in [0.05, 0.1) is 6.10 Å². The summed E-state index contributed by atoms with van der Waals surface area (Å²) in [7, 11) is 0. The number of nitrogens with zero attached hydrogens (tertiary/aromatic N) is 1. The fraction of sp³-hybridized carbons (Fsp3) is 0.667. The van der Waals surface area contributed by atoms with Crippen molar-refractivity contribution in [2.45, 2.75) is 63.6 Å². The van der Waals surface area contributed by atoms with Crippen LogP contribution in [0.25, 0.3) is 0 Å². The molecular weight excluding hydrogens is 282 g/mol. The summed E-state index contributed by atoms with van der Waals surface area (Å²) in [6.07, 6.45) is 8.43. The average molecular weight is 308 g/mol. The molecule has 21 heavy (non-hydrogen) atoms. The van der Waals surface area contributed by atoms with Crippen LogP contribution in [0.2, 0.25) is 5.02 Å². The van der Waals surface area contributed by atoms with Crippen LogP contribution in [0, 0.1) is 5.92 Å². The molecule has 0 aromatic heterocycles. The molecule has 1 aliphatic carbocycles. The van der Waals surface area contributed by atoms with Crippen LogP contribution in [-0.2, 0) is 6.54 Å². The first-order valence-electron chi connectivity index (χ1n) is 8.40. The number of benzene rings is 1. The highest BCUT2D eigenvalue weighted by molar-refractivity contribution is 6.30. The van der Waals surface area contributed by atoms with Gasteiger partial charge >= 0.3 is 0 Å². The Morgan fingerprint density at radius 1 is 1.00 bits per heavy atom. The van der Waals surface area contributed by atoms with Crippen molar-refractivity contribution in [3.63, 3.8) is 0 Å². The van der Waals surface area contributed by atoms with Crippen LogP contribution < -0.4 is 0 Å². The first-order chi connectivity index (χ1) is 10.2. The summed E-state index contributed by atoms with van der Waals surface area (Å²) in [6.45, 7) is 2.15. The highest BCUT2D eigenvalue weighted by atomic mass is 35.5. The second kappa shape index (κ2) is 7.13. The zero-order valence-corrected chi connectivity index (χ0v) is 13.4. The molecule has 1 N–H and O–H groups in total. The fourth-order valence-corrected chi connectivity index (χ4v) is 4.24. The molecule has 1 heterocycles. The molecule has 2 aliphatic rings. The highest BCUT2D eigenvalue weighted by Gasteiger charge is 2.35. The standard InChI is InChI=1S/C18H26ClNO/c19-15-10-8-14(9-11-15)13-20-12-4-3-6-17(20)16-5-1-2-7-18(16)21/h8-11,16-18,21H,1-7,12-13H2. The molecule has 2 nitrogen and oxygen atoms in total. The number of halogens is 1. The molecule has 3 rings (SSSR count). The van der Waals surface area contributed by atoms with E-state index in [9.17, 15) is 5.11 Å². The van der Waals surface area contributed by atoms with Gasteiger partial charge in [-0.3, -0.25) is 4.90 Å². The number of rotatable bonds is 3. The van der Waals surface area contributed by atoms with Crippen LogP contribution in [0.5, 0.6) is 0 Å². The van der Waals surface area contributed by atoms with Gasteiger partial charge in [-0.1, -0.05) is 43.0 Å². The topological polar surface area (TPSA) is 23.5 Å². The highest BCUT2D eigenvalue weighted by Crippen LogP contribution is 2.34. The lowest BCUT2D eigenvalue weighted by Crippen LogP contribution is -2.48. The summed E-state index contributed by atoms with van der Waals surface area (Å²) in [5.41, 5.74) is 1.33. The van der Waals surface area contributed by atoms with Gasteiger partial charge < -0.3 is 5.11 Å². The van der Waals surface area contributed by atoms with E-state index in [1.165, 1.54) is 44.1 Å². The monoisotopic (exact) mass is 307 g/mol. The quantitative estimate of drug-likeness (QED) is 0.902. The summed E-state index contributed by atoms with van der Waals surface area (Å²) < 4.78 is 0. The number of likely N-dealkylation sites (tertiary alicyclic amines) is 1. The fourth-order valence-electron chi connectivity index (χ4n) is 4.11. The zero-order chi connectivity index (χ0) is 14.7. The summed E-state index contributed by atoms with van der Waals surface area (Å²) in [4.78, 5) is 2.60. The zero-order valence-electron chi connectivity index (χ0n) is 12.7. The first-order valence-corrected chi connectivity index (χ1v) is 8.78. The Balaban J connectivity index is 1.70. The van der Waals surface area contributed by atoms with E-state index in [0.717, 1.165) is 24.5 Å². The lowest BCUT2D eigenvalue weighted by atomic mass is 9.78. The van der Waals surface area contributed by atoms with E-state index < -0.39 is 0 Å². The van der Waals surface area contributed by atoms with Gasteiger partial charge in [-0.15, -0.1) is 0 Å². The Bertz CT molecular complexity index is 447. The summed E-state index contributed by atoms with van der Waals surface area (Å²) in [5, 5.41) is 11.2. The molecule has 3 unspecified atom stereocenters. The molecule has 1 aromatic rings. The van der Waals surface area contributed by atoms with Gasteiger partial charge in [-0.2, -0.15) is 0 Å². The molecule has 1 aliphatic heterocycles. The minimum absolute atomic E-state index is 0.0884. The van der Waals surface area contributed by atoms with Crippen molar-refractivity contribution in [1.82, 2.24) is 4.90 Å². The Morgan fingerprint density at radius 3 is 2.48 bits per heavy atom. The molecule has 0 bridgehead atoms. The number of piperidine rings is 1. The Hall–Kier alpha value is -0.570. The van der Waals surface area contributed by atoms with Crippen molar-refractivity contribution < 1.29 is 5.11 Å². The van der Waals surface area contributed by atoms with Crippen molar-refractivity contribution in [3.05, 3.63) is 34.9 Å². The average Bonchev–Trinajstić information content (AvgIpc) is 2.51. The summed E-state index contributed by atoms with van der Waals surface area (Å²) in [6, 6.07) is 8.78. The molecule has 116 valence electrons. The maximum absolute atomic E-state index is 10.4. The van der Waals surface area contributed by atoms with E-state index in [1.807, 2.05) is 12.1 Å². The van der Waals surface area contributed by atoms with Crippen LogP contribution >= 0.6 is 11.6 Å². The van der Waals surface area contributed by atoms with Crippen molar-refractivity contribution in [3.8, 4) is 0 Å². The summed E-state index contributed by atoms with van der Waals surface area (Å²) >= 11 is 5.98. The van der Waals surface area contributed by atoms with Crippen LogP contribution in [0.15, 0.2) is 24.3 Å². The van der Waals surface area contributed by atoms with Crippen LogP contribution in [-0.4, -0.2) is 28.7 Å². The van der Waals surface area contributed by atoms with Crippen LogP contribution in [0.3, 0.4) is 0 Å². The SMILES string of the molecule is OC1CCCCC1C1CCCCN1Cc1ccc(Cl)cc1. The second-order valence-electron chi connectivity index (χ2n) is 6.68. The Morgan fingerprint density at radius 2 is 1.71 bits per heavy atom. The lowest BCUT2D eigenvalue weighted by Gasteiger charge is -2.43. The summed E-state index contributed by atoms with van der Waals surface area (Å²) in [5.74, 6) is 0.478. The molecule has 3 heteroatoms. The van der Waals surface area contributed by atoms with Gasteiger partial charge in [-0.05, 0) is 49.9 Å². The maximum atomic E-state index is 10.4. The largest absolute Gasteiger partial charge is 0.393 e. The van der Waals surface area contributed by atoms with Crippen molar-refractivity contribution in [2.75, 3.05) is 6.54 Å².